The summed E-state index contributed by atoms with van der Waals surface area (Å²) in [4.78, 5) is 38.9. The molecule has 1 fully saturated rings. The van der Waals surface area contributed by atoms with Crippen LogP contribution in [0, 0.1) is 5.92 Å². The Kier molecular flexibility index (Phi) is 11.9. The number of amides is 4. The molecule has 10 nitrogen and oxygen atoms in total. The van der Waals surface area contributed by atoms with Crippen molar-refractivity contribution in [3.63, 3.8) is 0 Å². The van der Waals surface area contributed by atoms with E-state index in [1.54, 1.807) is 31.2 Å². The number of anilines is 1. The van der Waals surface area contributed by atoms with Crippen LogP contribution in [-0.2, 0) is 25.5 Å². The second-order valence-corrected chi connectivity index (χ2v) is 12.9. The van der Waals surface area contributed by atoms with Gasteiger partial charge in [0, 0.05) is 24.6 Å². The Morgan fingerprint density at radius 2 is 1.74 bits per heavy atom. The van der Waals surface area contributed by atoms with Crippen LogP contribution in [0.5, 0.6) is 0 Å². The first-order chi connectivity index (χ1) is 20.3. The highest BCUT2D eigenvalue weighted by Crippen LogP contribution is 2.32. The molecule has 3 atom stereocenters. The second-order valence-electron chi connectivity index (χ2n) is 9.99. The molecule has 3 rings (SSSR count). The number of methoxy groups -OCH3 is 1. The van der Waals surface area contributed by atoms with Crippen LogP contribution in [0.15, 0.2) is 52.3 Å². The summed E-state index contributed by atoms with van der Waals surface area (Å²) in [6.07, 6.45) is -1.67. The van der Waals surface area contributed by atoms with Crippen molar-refractivity contribution in [1.29, 1.82) is 0 Å². The van der Waals surface area contributed by atoms with Gasteiger partial charge in [-0.15, -0.1) is 11.8 Å². The maximum absolute atomic E-state index is 13.3. The quantitative estimate of drug-likeness (QED) is 0.270. The van der Waals surface area contributed by atoms with Crippen LogP contribution >= 0.6 is 11.8 Å². The number of benzene rings is 2. The summed E-state index contributed by atoms with van der Waals surface area (Å²) in [5.74, 6) is -2.32. The van der Waals surface area contributed by atoms with E-state index < -0.39 is 63.5 Å². The van der Waals surface area contributed by atoms with E-state index in [9.17, 15) is 36.0 Å². The van der Waals surface area contributed by atoms with Gasteiger partial charge in [-0.2, -0.15) is 13.2 Å². The van der Waals surface area contributed by atoms with Crippen molar-refractivity contribution >= 4 is 45.1 Å². The molecule has 43 heavy (non-hydrogen) atoms. The van der Waals surface area contributed by atoms with Crippen molar-refractivity contribution in [2.24, 2.45) is 5.92 Å². The Bertz CT molecular complexity index is 1400. The molecule has 15 heteroatoms. The van der Waals surface area contributed by atoms with E-state index in [1.807, 2.05) is 6.26 Å². The van der Waals surface area contributed by atoms with E-state index in [-0.39, 0.29) is 29.0 Å². The van der Waals surface area contributed by atoms with Gasteiger partial charge >= 0.3 is 12.2 Å². The maximum Gasteiger partial charge on any atom is 0.416 e. The highest BCUT2D eigenvalue weighted by molar-refractivity contribution is 7.98. The minimum Gasteiger partial charge on any atom is -0.381 e. The molecule has 0 heterocycles. The van der Waals surface area contributed by atoms with Crippen molar-refractivity contribution < 1.29 is 40.7 Å². The zero-order chi connectivity index (χ0) is 31.8. The van der Waals surface area contributed by atoms with Crippen molar-refractivity contribution in [2.75, 3.05) is 37.5 Å². The predicted octanol–water partition coefficient (Wildman–Crippen LogP) is 4.07. The van der Waals surface area contributed by atoms with E-state index in [0.29, 0.717) is 25.3 Å². The molecule has 0 spiro atoms. The number of rotatable bonds is 11. The van der Waals surface area contributed by atoms with E-state index in [2.05, 4.69) is 21.3 Å². The first kappa shape index (κ1) is 34.2. The van der Waals surface area contributed by atoms with Crippen molar-refractivity contribution in [2.45, 2.75) is 54.3 Å². The zero-order valence-corrected chi connectivity index (χ0v) is 25.5. The summed E-state index contributed by atoms with van der Waals surface area (Å²) in [5, 5.41) is 9.82. The fraction of sp³-hybridized carbons (Fsp3) is 0.464. The van der Waals surface area contributed by atoms with E-state index in [1.165, 1.54) is 18.9 Å². The van der Waals surface area contributed by atoms with Crippen molar-refractivity contribution in [3.8, 4) is 0 Å². The molecule has 4 N–H and O–H groups in total. The molecule has 2 aromatic carbocycles. The highest BCUT2D eigenvalue weighted by Gasteiger charge is 2.35. The Balaban J connectivity index is 1.72. The van der Waals surface area contributed by atoms with E-state index >= 15 is 0 Å². The normalized spacial score (nSPS) is 18.9. The number of carbonyl (C=O) groups is 3. The van der Waals surface area contributed by atoms with Gasteiger partial charge in [-0.25, -0.2) is 13.2 Å². The summed E-state index contributed by atoms with van der Waals surface area (Å²) < 4.78 is 71.8. The van der Waals surface area contributed by atoms with Crippen molar-refractivity contribution in [1.82, 2.24) is 16.0 Å². The van der Waals surface area contributed by atoms with Gasteiger partial charge < -0.3 is 26.0 Å². The van der Waals surface area contributed by atoms with Crippen LogP contribution in [-0.4, -0.2) is 70.6 Å². The molecule has 0 bridgehead atoms. The van der Waals surface area contributed by atoms with Gasteiger partial charge in [0.1, 0.15) is 0 Å². The number of sulfone groups is 1. The van der Waals surface area contributed by atoms with Crippen LogP contribution in [0.3, 0.4) is 0 Å². The number of alkyl halides is 3. The van der Waals surface area contributed by atoms with Crippen LogP contribution < -0.4 is 21.3 Å². The molecule has 1 aliphatic rings. The van der Waals surface area contributed by atoms with Gasteiger partial charge in [0.15, 0.2) is 9.84 Å². The number of hydrogen-bond donors (Lipinski definition) is 4. The minimum absolute atomic E-state index is 0.176. The van der Waals surface area contributed by atoms with Gasteiger partial charge in [0.25, 0.3) is 5.91 Å². The number of nitrogens with one attached hydrogen (secondary N) is 4. The largest absolute Gasteiger partial charge is 0.416 e. The molecule has 4 amide bonds. The molecule has 1 aliphatic carbocycles. The Hall–Kier alpha value is -3.30. The van der Waals surface area contributed by atoms with Gasteiger partial charge in [-0.3, -0.25) is 9.59 Å². The molecule has 0 aliphatic heterocycles. The molecule has 0 radical (unpaired) electrons. The number of thioether (sulfide) groups is 1. The fourth-order valence-electron chi connectivity index (χ4n) is 4.80. The summed E-state index contributed by atoms with van der Waals surface area (Å²) in [7, 11) is -2.15. The molecule has 0 aromatic heterocycles. The van der Waals surface area contributed by atoms with Gasteiger partial charge in [0.2, 0.25) is 5.91 Å². The van der Waals surface area contributed by atoms with Crippen LogP contribution in [0.25, 0.3) is 0 Å². The Morgan fingerprint density at radius 1 is 1.05 bits per heavy atom. The minimum atomic E-state index is -4.75. The molecular formula is C28H35F3N4O6S2. The standard InChI is InChI=1S/C28H35F3N4O6S2/c1-4-32-27(38)35-23-12-6-18(28(29,30)31)13-22(23)26(37)33-15-25(36)34-24-14-19(41-2)7-5-17(24)16-43(39,40)21-10-8-20(42-3)9-11-21/h6,8-13,17,19,24H,4-5,7,14-16H2,1-3H3,(H,33,37)(H,34,36)(H2,32,35,38)/t17-,19-,24-/m0/s1. The monoisotopic (exact) mass is 644 g/mol. The molecular weight excluding hydrogens is 609 g/mol. The average Bonchev–Trinajstić information content (AvgIpc) is 2.96. The Labute approximate surface area is 252 Å². The number of urea groups is 1. The highest BCUT2D eigenvalue weighted by atomic mass is 32.2. The first-order valence-electron chi connectivity index (χ1n) is 13.5. The summed E-state index contributed by atoms with van der Waals surface area (Å²) in [6.45, 7) is 1.29. The second kappa shape index (κ2) is 14.9. The lowest BCUT2D eigenvalue weighted by Gasteiger charge is -2.36. The van der Waals surface area contributed by atoms with Gasteiger partial charge in [-0.05, 0) is 80.8 Å². The lowest BCUT2D eigenvalue weighted by molar-refractivity contribution is -0.137. The lowest BCUT2D eigenvalue weighted by atomic mass is 9.84. The number of hydrogen-bond acceptors (Lipinski definition) is 7. The SMILES string of the molecule is CCNC(=O)Nc1ccc(C(F)(F)F)cc1C(=O)NCC(=O)N[C@H]1C[C@@H](OC)CC[C@H]1CS(=O)(=O)c1ccc(SC)cc1. The maximum atomic E-state index is 13.3. The summed E-state index contributed by atoms with van der Waals surface area (Å²) in [5.41, 5.74) is -1.77. The third-order valence-corrected chi connectivity index (χ3v) is 9.66. The molecule has 1 saturated carbocycles. The van der Waals surface area contributed by atoms with E-state index in [4.69, 9.17) is 4.74 Å². The molecule has 0 unspecified atom stereocenters. The van der Waals surface area contributed by atoms with Crippen LogP contribution in [0.1, 0.15) is 42.1 Å². The summed E-state index contributed by atoms with van der Waals surface area (Å²) >= 11 is 1.49. The van der Waals surface area contributed by atoms with Crippen LogP contribution in [0.4, 0.5) is 23.7 Å². The van der Waals surface area contributed by atoms with Gasteiger partial charge in [0.05, 0.1) is 40.1 Å². The first-order valence-corrected chi connectivity index (χ1v) is 16.4. The summed E-state index contributed by atoms with van der Waals surface area (Å²) in [6, 6.07) is 7.51. The van der Waals surface area contributed by atoms with Crippen LogP contribution in [0.2, 0.25) is 0 Å². The number of halogens is 3. The third kappa shape index (κ3) is 9.60. The molecule has 2 aromatic rings. The zero-order valence-electron chi connectivity index (χ0n) is 23.9. The predicted molar refractivity (Wildman–Crippen MR) is 157 cm³/mol. The number of ether oxygens (including phenoxy) is 1. The number of carbonyl (C=O) groups excluding carboxylic acids is 3. The lowest BCUT2D eigenvalue weighted by Crippen LogP contribution is -2.50. The van der Waals surface area contributed by atoms with Crippen molar-refractivity contribution in [3.05, 3.63) is 53.6 Å². The average molecular weight is 645 g/mol. The Morgan fingerprint density at radius 3 is 2.35 bits per heavy atom. The third-order valence-electron chi connectivity index (χ3n) is 7.06. The topological polar surface area (TPSA) is 143 Å². The van der Waals surface area contributed by atoms with Gasteiger partial charge in [-0.1, -0.05) is 0 Å². The van der Waals surface area contributed by atoms with E-state index in [0.717, 1.165) is 17.0 Å². The molecule has 0 saturated heterocycles. The smallest absolute Gasteiger partial charge is 0.381 e. The fourth-order valence-corrected chi connectivity index (χ4v) is 6.92. The molecule has 236 valence electrons.